The third-order valence-electron chi connectivity index (χ3n) is 7.23. The van der Waals surface area contributed by atoms with E-state index >= 15 is 4.39 Å². The molecule has 0 N–H and O–H groups in total. The van der Waals surface area contributed by atoms with Gasteiger partial charge < -0.3 is 9.80 Å². The normalized spacial score (nSPS) is 15.5. The molecule has 5 rings (SSSR count). The summed E-state index contributed by atoms with van der Waals surface area (Å²) in [6.45, 7) is 10.5. The molecular formula is C30H30F2N6O2. The van der Waals surface area contributed by atoms with E-state index in [1.807, 2.05) is 25.7 Å². The number of aryl methyl sites for hydroxylation is 2. The first-order chi connectivity index (χ1) is 19.2. The second-order valence-electron chi connectivity index (χ2n) is 9.93. The number of fused-ring (bicyclic) bond motifs is 1. The highest BCUT2D eigenvalue weighted by atomic mass is 19.1. The van der Waals surface area contributed by atoms with E-state index in [-0.39, 0.29) is 34.7 Å². The highest BCUT2D eigenvalue weighted by Crippen LogP contribution is 2.33. The highest BCUT2D eigenvalue weighted by molar-refractivity contribution is 5.91. The van der Waals surface area contributed by atoms with E-state index in [0.29, 0.717) is 42.8 Å². The molecule has 1 atom stereocenters. The van der Waals surface area contributed by atoms with E-state index in [1.54, 1.807) is 23.2 Å². The molecule has 3 aromatic heterocycles. The summed E-state index contributed by atoms with van der Waals surface area (Å²) in [5.41, 5.74) is 1.33. The Morgan fingerprint density at radius 2 is 1.93 bits per heavy atom. The lowest BCUT2D eigenvalue weighted by atomic mass is 10.1. The lowest BCUT2D eigenvalue weighted by Gasteiger charge is -2.40. The van der Waals surface area contributed by atoms with Crippen LogP contribution in [-0.4, -0.2) is 56.0 Å². The van der Waals surface area contributed by atoms with Crippen LogP contribution in [0.15, 0.2) is 60.0 Å². The fourth-order valence-electron chi connectivity index (χ4n) is 5.30. The monoisotopic (exact) mass is 544 g/mol. The summed E-state index contributed by atoms with van der Waals surface area (Å²) in [6.07, 6.45) is 4.34. The van der Waals surface area contributed by atoms with Gasteiger partial charge in [-0.3, -0.25) is 9.78 Å². The summed E-state index contributed by atoms with van der Waals surface area (Å²) in [7, 11) is 0. The molecule has 1 saturated heterocycles. The second-order valence-corrected chi connectivity index (χ2v) is 9.93. The van der Waals surface area contributed by atoms with Gasteiger partial charge in [0.1, 0.15) is 23.1 Å². The van der Waals surface area contributed by atoms with Crippen LogP contribution in [0.25, 0.3) is 28.0 Å². The highest BCUT2D eigenvalue weighted by Gasteiger charge is 2.30. The molecule has 0 bridgehead atoms. The Hall–Kier alpha value is -4.47. The van der Waals surface area contributed by atoms with Crippen molar-refractivity contribution in [3.8, 4) is 16.9 Å². The second kappa shape index (κ2) is 11.0. The molecule has 206 valence electrons. The fourth-order valence-corrected chi connectivity index (χ4v) is 5.30. The van der Waals surface area contributed by atoms with Gasteiger partial charge in [0.2, 0.25) is 5.91 Å². The first-order valence-corrected chi connectivity index (χ1v) is 13.3. The van der Waals surface area contributed by atoms with Crippen LogP contribution in [0.4, 0.5) is 14.6 Å². The number of hydrogen-bond acceptors (Lipinski definition) is 6. The SMILES string of the molecule is C=CC(=O)N1CCN(c2nc(=O)n(-c3c(C)ccnc3CCC)c3nc(-c4ccccc4F)c(F)cc23)[C@@H](C)C1. The van der Waals surface area contributed by atoms with Gasteiger partial charge in [-0.15, -0.1) is 0 Å². The molecule has 1 fully saturated rings. The summed E-state index contributed by atoms with van der Waals surface area (Å²) in [5.74, 6) is -1.29. The standard InChI is InChI=1S/C30H30F2N6O2/c1-5-9-24-27(18(3)12-13-33-24)38-29-21(16-23(32)26(34-29)20-10-7-8-11-22(20)31)28(35-30(38)40)37-15-14-36(17-19(37)4)25(39)6-2/h6-8,10-13,16,19H,2,5,9,14-15,17H2,1,3-4H3/t19-/m0/s1. The van der Waals surface area contributed by atoms with Gasteiger partial charge in [0, 0.05) is 37.4 Å². The van der Waals surface area contributed by atoms with Gasteiger partial charge in [-0.05, 0) is 56.2 Å². The van der Waals surface area contributed by atoms with Crippen LogP contribution in [-0.2, 0) is 11.2 Å². The predicted molar refractivity (Wildman–Crippen MR) is 151 cm³/mol. The van der Waals surface area contributed by atoms with Gasteiger partial charge in [0.25, 0.3) is 0 Å². The molecule has 8 nitrogen and oxygen atoms in total. The minimum absolute atomic E-state index is 0.0131. The quantitative estimate of drug-likeness (QED) is 0.330. The molecule has 0 saturated carbocycles. The number of carbonyl (C=O) groups is 1. The number of hydrogen-bond donors (Lipinski definition) is 0. The van der Waals surface area contributed by atoms with Crippen molar-refractivity contribution in [1.29, 1.82) is 0 Å². The maximum absolute atomic E-state index is 15.7. The van der Waals surface area contributed by atoms with E-state index in [1.165, 1.54) is 34.9 Å². The number of pyridine rings is 2. The lowest BCUT2D eigenvalue weighted by molar-refractivity contribution is -0.126. The van der Waals surface area contributed by atoms with Crippen molar-refractivity contribution in [2.24, 2.45) is 0 Å². The van der Waals surface area contributed by atoms with E-state index in [2.05, 4.69) is 21.5 Å². The summed E-state index contributed by atoms with van der Waals surface area (Å²) >= 11 is 0. The number of halogens is 2. The fraction of sp³-hybridized carbons (Fsp3) is 0.300. The van der Waals surface area contributed by atoms with Crippen molar-refractivity contribution in [2.75, 3.05) is 24.5 Å². The van der Waals surface area contributed by atoms with Gasteiger partial charge >= 0.3 is 5.69 Å². The molecule has 1 aromatic carbocycles. The third-order valence-corrected chi connectivity index (χ3v) is 7.23. The van der Waals surface area contributed by atoms with Crippen molar-refractivity contribution in [2.45, 2.75) is 39.7 Å². The number of rotatable bonds is 6. The van der Waals surface area contributed by atoms with Crippen LogP contribution in [0.1, 0.15) is 31.5 Å². The summed E-state index contributed by atoms with van der Waals surface area (Å²) in [5, 5.41) is 0.304. The molecule has 10 heteroatoms. The van der Waals surface area contributed by atoms with E-state index in [0.717, 1.165) is 12.0 Å². The van der Waals surface area contributed by atoms with E-state index < -0.39 is 17.3 Å². The van der Waals surface area contributed by atoms with Crippen LogP contribution in [0, 0.1) is 18.6 Å². The number of carbonyl (C=O) groups excluding carboxylic acids is 1. The molecule has 1 amide bonds. The number of nitrogens with zero attached hydrogens (tertiary/aromatic N) is 6. The number of aromatic nitrogens is 4. The average molecular weight is 545 g/mol. The van der Waals surface area contributed by atoms with Gasteiger partial charge in [0.15, 0.2) is 5.65 Å². The molecule has 0 spiro atoms. The topological polar surface area (TPSA) is 84.2 Å². The largest absolute Gasteiger partial charge is 0.355 e. The maximum atomic E-state index is 15.7. The van der Waals surface area contributed by atoms with Crippen LogP contribution >= 0.6 is 0 Å². The van der Waals surface area contributed by atoms with E-state index in [9.17, 15) is 14.0 Å². The summed E-state index contributed by atoms with van der Waals surface area (Å²) < 4.78 is 31.9. The lowest BCUT2D eigenvalue weighted by Crippen LogP contribution is -2.54. The minimum Gasteiger partial charge on any atom is -0.350 e. The first kappa shape index (κ1) is 27.1. The predicted octanol–water partition coefficient (Wildman–Crippen LogP) is 4.60. The van der Waals surface area contributed by atoms with Crippen molar-refractivity contribution in [3.05, 3.63) is 88.6 Å². The summed E-state index contributed by atoms with van der Waals surface area (Å²) in [6, 6.07) is 8.64. The number of anilines is 1. The minimum atomic E-state index is -0.740. The maximum Gasteiger partial charge on any atom is 0.355 e. The van der Waals surface area contributed by atoms with Crippen molar-refractivity contribution < 1.29 is 13.6 Å². The van der Waals surface area contributed by atoms with Gasteiger partial charge in [-0.2, -0.15) is 4.98 Å². The number of piperazine rings is 1. The van der Waals surface area contributed by atoms with Gasteiger partial charge in [-0.1, -0.05) is 32.1 Å². The zero-order valence-electron chi connectivity index (χ0n) is 22.7. The van der Waals surface area contributed by atoms with Crippen LogP contribution < -0.4 is 10.6 Å². The van der Waals surface area contributed by atoms with Gasteiger partial charge in [-0.25, -0.2) is 23.1 Å². The number of amides is 1. The molecule has 4 heterocycles. The van der Waals surface area contributed by atoms with Crippen molar-refractivity contribution in [1.82, 2.24) is 24.4 Å². The van der Waals surface area contributed by atoms with Crippen molar-refractivity contribution >= 4 is 22.8 Å². The Morgan fingerprint density at radius 3 is 2.62 bits per heavy atom. The molecule has 4 aromatic rings. The van der Waals surface area contributed by atoms with Crippen LogP contribution in [0.3, 0.4) is 0 Å². The zero-order valence-corrected chi connectivity index (χ0v) is 22.7. The Bertz CT molecular complexity index is 1690. The van der Waals surface area contributed by atoms with Crippen molar-refractivity contribution in [3.63, 3.8) is 0 Å². The van der Waals surface area contributed by atoms with Crippen LogP contribution in [0.2, 0.25) is 0 Å². The molecule has 40 heavy (non-hydrogen) atoms. The summed E-state index contributed by atoms with van der Waals surface area (Å²) in [4.78, 5) is 43.2. The molecule has 1 aliphatic rings. The van der Waals surface area contributed by atoms with Gasteiger partial charge in [0.05, 0.1) is 16.8 Å². The van der Waals surface area contributed by atoms with E-state index in [4.69, 9.17) is 0 Å². The smallest absolute Gasteiger partial charge is 0.350 e. The Balaban J connectivity index is 1.80. The molecular weight excluding hydrogens is 514 g/mol. The first-order valence-electron chi connectivity index (χ1n) is 13.3. The number of benzene rings is 1. The third kappa shape index (κ3) is 4.74. The Labute approximate surface area is 230 Å². The van der Waals surface area contributed by atoms with Crippen LogP contribution in [0.5, 0.6) is 0 Å². The molecule has 0 radical (unpaired) electrons. The molecule has 0 unspecified atom stereocenters. The zero-order chi connectivity index (χ0) is 28.6. The Kier molecular flexibility index (Phi) is 7.42. The molecule has 0 aliphatic carbocycles. The Morgan fingerprint density at radius 1 is 1.15 bits per heavy atom. The average Bonchev–Trinajstić information content (AvgIpc) is 2.94. The molecule has 1 aliphatic heterocycles.